The smallest absolute Gasteiger partial charge is 0.410 e. The van der Waals surface area contributed by atoms with Crippen LogP contribution in [0.15, 0.2) is 48.5 Å². The highest BCUT2D eigenvalue weighted by molar-refractivity contribution is 5.91. The van der Waals surface area contributed by atoms with E-state index in [2.05, 4.69) is 0 Å². The number of ether oxygens (including phenoxy) is 2. The summed E-state index contributed by atoms with van der Waals surface area (Å²) in [4.78, 5) is 26.2. The molecule has 1 atom stereocenters. The minimum absolute atomic E-state index is 0.310. The summed E-state index contributed by atoms with van der Waals surface area (Å²) in [6.45, 7) is 6.22. The molecule has 0 spiro atoms. The highest BCUT2D eigenvalue weighted by atomic mass is 19.1. The van der Waals surface area contributed by atoms with Crippen molar-refractivity contribution in [2.24, 2.45) is 0 Å². The lowest BCUT2D eigenvalue weighted by Gasteiger charge is -2.24. The maximum atomic E-state index is 13.5. The van der Waals surface area contributed by atoms with Crippen LogP contribution in [0.3, 0.4) is 0 Å². The van der Waals surface area contributed by atoms with Crippen molar-refractivity contribution in [3.63, 3.8) is 0 Å². The maximum absolute atomic E-state index is 13.5. The third kappa shape index (κ3) is 5.09. The lowest BCUT2D eigenvalue weighted by atomic mass is 10.0. The first-order valence-electron chi connectivity index (χ1n) is 9.26. The summed E-state index contributed by atoms with van der Waals surface area (Å²) in [6.07, 6.45) is -0.217. The van der Waals surface area contributed by atoms with Crippen LogP contribution in [0.5, 0.6) is 0 Å². The van der Waals surface area contributed by atoms with E-state index >= 15 is 0 Å². The molecule has 2 aromatic carbocycles. The van der Waals surface area contributed by atoms with Gasteiger partial charge in [0.2, 0.25) is 0 Å². The zero-order chi connectivity index (χ0) is 20.3. The molecule has 148 valence electrons. The molecule has 0 aliphatic carbocycles. The second kappa shape index (κ2) is 8.00. The van der Waals surface area contributed by atoms with Gasteiger partial charge in [0.15, 0.2) is 0 Å². The number of carbonyl (C=O) groups is 2. The predicted molar refractivity (Wildman–Crippen MR) is 103 cm³/mol. The highest BCUT2D eigenvalue weighted by Crippen LogP contribution is 2.23. The molecule has 1 saturated heterocycles. The van der Waals surface area contributed by atoms with Gasteiger partial charge in [-0.25, -0.2) is 14.0 Å². The second-order valence-corrected chi connectivity index (χ2v) is 7.83. The van der Waals surface area contributed by atoms with Crippen LogP contribution in [0, 0.1) is 5.82 Å². The van der Waals surface area contributed by atoms with Crippen LogP contribution in [-0.4, -0.2) is 41.8 Å². The Morgan fingerprint density at radius 1 is 1.07 bits per heavy atom. The van der Waals surface area contributed by atoms with Crippen molar-refractivity contribution < 1.29 is 23.5 Å². The maximum Gasteiger partial charge on any atom is 0.410 e. The van der Waals surface area contributed by atoms with E-state index in [1.807, 2.05) is 26.8 Å². The van der Waals surface area contributed by atoms with Gasteiger partial charge in [0.05, 0.1) is 12.1 Å². The minimum Gasteiger partial charge on any atom is -0.457 e. The van der Waals surface area contributed by atoms with E-state index in [-0.39, 0.29) is 11.9 Å². The molecule has 1 fully saturated rings. The largest absolute Gasteiger partial charge is 0.457 e. The molecule has 5 nitrogen and oxygen atoms in total. The zero-order valence-corrected chi connectivity index (χ0v) is 16.3. The molecular weight excluding hydrogens is 361 g/mol. The zero-order valence-electron chi connectivity index (χ0n) is 16.3. The number of rotatable bonds is 3. The molecule has 2 aromatic rings. The summed E-state index contributed by atoms with van der Waals surface area (Å²) in [5.74, 6) is -0.798. The molecule has 0 saturated carbocycles. The van der Waals surface area contributed by atoms with Crippen molar-refractivity contribution in [2.45, 2.75) is 38.9 Å². The molecule has 0 aromatic heterocycles. The van der Waals surface area contributed by atoms with Crippen LogP contribution < -0.4 is 0 Å². The van der Waals surface area contributed by atoms with Gasteiger partial charge in [-0.05, 0) is 56.2 Å². The van der Waals surface area contributed by atoms with Gasteiger partial charge in [0, 0.05) is 13.0 Å². The summed E-state index contributed by atoms with van der Waals surface area (Å²) < 4.78 is 24.4. The summed E-state index contributed by atoms with van der Waals surface area (Å²) >= 11 is 0. The van der Waals surface area contributed by atoms with Crippen LogP contribution in [0.2, 0.25) is 0 Å². The number of nitrogens with zero attached hydrogens (tertiary/aromatic N) is 1. The first kappa shape index (κ1) is 19.9. The Labute approximate surface area is 164 Å². The number of hydrogen-bond acceptors (Lipinski definition) is 4. The molecule has 6 heteroatoms. The SMILES string of the molecule is CC(C)(C)OC(=O)N1CC[C@@H](OC(=O)c2cccc(-c3cccc(F)c3)c2)C1. The standard InChI is InChI=1S/C22H24FNO4/c1-22(2,3)28-21(26)24-11-10-19(14-24)27-20(25)17-8-4-6-15(12-17)16-7-5-9-18(23)13-16/h4-9,12-13,19H,10-11,14H2,1-3H3/t19-/m1/s1. The van der Waals surface area contributed by atoms with E-state index in [9.17, 15) is 14.0 Å². The first-order valence-corrected chi connectivity index (χ1v) is 9.26. The average Bonchev–Trinajstić information content (AvgIpc) is 3.09. The Bertz CT molecular complexity index is 875. The van der Waals surface area contributed by atoms with E-state index in [0.717, 1.165) is 5.56 Å². The highest BCUT2D eigenvalue weighted by Gasteiger charge is 2.32. The van der Waals surface area contributed by atoms with Crippen molar-refractivity contribution >= 4 is 12.1 Å². The van der Waals surface area contributed by atoms with Gasteiger partial charge in [-0.3, -0.25) is 0 Å². The van der Waals surface area contributed by atoms with Gasteiger partial charge in [-0.2, -0.15) is 0 Å². The summed E-state index contributed by atoms with van der Waals surface area (Å²) in [7, 11) is 0. The van der Waals surface area contributed by atoms with Crippen LogP contribution in [0.1, 0.15) is 37.6 Å². The first-order chi connectivity index (χ1) is 13.2. The number of halogens is 1. The van der Waals surface area contributed by atoms with Crippen LogP contribution in [0.25, 0.3) is 11.1 Å². The van der Waals surface area contributed by atoms with Gasteiger partial charge in [-0.1, -0.05) is 24.3 Å². The Kier molecular flexibility index (Phi) is 5.68. The minimum atomic E-state index is -0.566. The van der Waals surface area contributed by atoms with Crippen molar-refractivity contribution in [2.75, 3.05) is 13.1 Å². The van der Waals surface area contributed by atoms with Gasteiger partial charge in [0.25, 0.3) is 0 Å². The molecule has 3 rings (SSSR count). The molecule has 1 amide bonds. The van der Waals surface area contributed by atoms with Crippen LogP contribution in [0.4, 0.5) is 9.18 Å². The number of likely N-dealkylation sites (tertiary alicyclic amines) is 1. The summed E-state index contributed by atoms with van der Waals surface area (Å²) in [5, 5.41) is 0. The van der Waals surface area contributed by atoms with Gasteiger partial charge >= 0.3 is 12.1 Å². The van der Waals surface area contributed by atoms with Gasteiger partial charge < -0.3 is 14.4 Å². The molecule has 0 radical (unpaired) electrons. The number of benzene rings is 2. The number of amides is 1. The van der Waals surface area contributed by atoms with Crippen LogP contribution in [-0.2, 0) is 9.47 Å². The average molecular weight is 385 g/mol. The van der Waals surface area contributed by atoms with Crippen molar-refractivity contribution in [1.29, 1.82) is 0 Å². The van der Waals surface area contributed by atoms with E-state index in [4.69, 9.17) is 9.47 Å². The van der Waals surface area contributed by atoms with E-state index < -0.39 is 17.7 Å². The molecule has 0 bridgehead atoms. The third-order valence-corrected chi connectivity index (χ3v) is 4.33. The van der Waals surface area contributed by atoms with E-state index in [1.54, 1.807) is 35.2 Å². The molecule has 1 aliphatic heterocycles. The second-order valence-electron chi connectivity index (χ2n) is 7.83. The fourth-order valence-electron chi connectivity index (χ4n) is 3.03. The van der Waals surface area contributed by atoms with Gasteiger partial charge in [-0.15, -0.1) is 0 Å². The summed E-state index contributed by atoms with van der Waals surface area (Å²) in [6, 6.07) is 13.1. The van der Waals surface area contributed by atoms with Crippen molar-refractivity contribution in [3.8, 4) is 11.1 Å². The lowest BCUT2D eigenvalue weighted by molar-refractivity contribution is 0.0191. The fraction of sp³-hybridized carbons (Fsp3) is 0.364. The molecule has 0 N–H and O–H groups in total. The monoisotopic (exact) mass is 385 g/mol. The van der Waals surface area contributed by atoms with E-state index in [1.165, 1.54) is 12.1 Å². The fourth-order valence-corrected chi connectivity index (χ4v) is 3.03. The lowest BCUT2D eigenvalue weighted by Crippen LogP contribution is -2.36. The summed E-state index contributed by atoms with van der Waals surface area (Å²) in [5.41, 5.74) is 1.24. The van der Waals surface area contributed by atoms with E-state index in [0.29, 0.717) is 30.6 Å². The number of hydrogen-bond donors (Lipinski definition) is 0. The molecule has 1 heterocycles. The Morgan fingerprint density at radius 2 is 1.75 bits per heavy atom. The molecule has 28 heavy (non-hydrogen) atoms. The molecule has 0 unspecified atom stereocenters. The van der Waals surface area contributed by atoms with Gasteiger partial charge in [0.1, 0.15) is 17.5 Å². The molecule has 1 aliphatic rings. The topological polar surface area (TPSA) is 55.8 Å². The van der Waals surface area contributed by atoms with Crippen LogP contribution >= 0.6 is 0 Å². The Balaban J connectivity index is 1.63. The normalized spacial score (nSPS) is 16.7. The quantitative estimate of drug-likeness (QED) is 0.721. The number of esters is 1. The predicted octanol–water partition coefficient (Wildman–Crippen LogP) is 4.66. The third-order valence-electron chi connectivity index (χ3n) is 4.33. The van der Waals surface area contributed by atoms with Crippen molar-refractivity contribution in [3.05, 3.63) is 59.9 Å². The van der Waals surface area contributed by atoms with Crippen molar-refractivity contribution in [1.82, 2.24) is 4.90 Å². The Hall–Kier alpha value is -2.89. The Morgan fingerprint density at radius 3 is 2.43 bits per heavy atom. The number of carbonyl (C=O) groups excluding carboxylic acids is 2. The molecular formula is C22H24FNO4.